The van der Waals surface area contributed by atoms with Gasteiger partial charge in [0.05, 0.1) is 6.20 Å². The molecule has 0 aromatic carbocycles. The lowest BCUT2D eigenvalue weighted by Crippen LogP contribution is -1.80. The summed E-state index contributed by atoms with van der Waals surface area (Å²) in [6.07, 6.45) is 1.79. The number of rotatable bonds is 1. The van der Waals surface area contributed by atoms with Crippen LogP contribution in [0.15, 0.2) is 12.8 Å². The lowest BCUT2D eigenvalue weighted by molar-refractivity contribution is -0.101. The highest BCUT2D eigenvalue weighted by molar-refractivity contribution is 7.93. The second-order valence-electron chi connectivity index (χ2n) is 0.596. The van der Waals surface area contributed by atoms with Crippen LogP contribution in [0.25, 0.3) is 0 Å². The normalized spacial score (nSPS) is 6.50. The van der Waals surface area contributed by atoms with Crippen LogP contribution in [0.2, 0.25) is 0 Å². The molecule has 0 aromatic heterocycles. The van der Waals surface area contributed by atoms with Gasteiger partial charge in [-0.05, 0) is 5.34 Å². The lowest BCUT2D eigenvalue weighted by atomic mass is 11.1. The average Bonchev–Trinajstić information content (AvgIpc) is 1.69. The van der Waals surface area contributed by atoms with Crippen LogP contribution in [0, 0.1) is 0 Å². The standard InChI is InChI=1S/C2H3F2N.CH3FS/c1-2-5(3)4;1-3-2/h2H,1H2;1H3. The SMILES string of the molecule is C=CN(F)F.CSF. The molecule has 8 heavy (non-hydrogen) atoms. The molecule has 5 heteroatoms. The molecule has 0 rings (SSSR count). The Bertz CT molecular complexity index is 49.8. The molecule has 0 unspecified atom stereocenters. The van der Waals surface area contributed by atoms with E-state index in [1.54, 1.807) is 0 Å². The van der Waals surface area contributed by atoms with Gasteiger partial charge >= 0.3 is 0 Å². The van der Waals surface area contributed by atoms with Gasteiger partial charge in [0.15, 0.2) is 0 Å². The van der Waals surface area contributed by atoms with Gasteiger partial charge in [0.25, 0.3) is 0 Å². The van der Waals surface area contributed by atoms with Crippen LogP contribution in [-0.2, 0) is 0 Å². The van der Waals surface area contributed by atoms with Crippen molar-refractivity contribution in [2.45, 2.75) is 0 Å². The third kappa shape index (κ3) is 44.1. The van der Waals surface area contributed by atoms with E-state index in [0.29, 0.717) is 6.20 Å². The molecule has 0 spiro atoms. The van der Waals surface area contributed by atoms with Gasteiger partial charge < -0.3 is 0 Å². The van der Waals surface area contributed by atoms with Crippen molar-refractivity contribution in [1.82, 2.24) is 5.34 Å². The first-order valence-electron chi connectivity index (χ1n) is 1.57. The van der Waals surface area contributed by atoms with Crippen molar-refractivity contribution in [2.75, 3.05) is 6.26 Å². The fourth-order valence-electron chi connectivity index (χ4n) is 0. The fourth-order valence-corrected chi connectivity index (χ4v) is 0. The van der Waals surface area contributed by atoms with Crippen molar-refractivity contribution in [3.63, 3.8) is 0 Å². The Kier molecular flexibility index (Phi) is 13.1. The van der Waals surface area contributed by atoms with Gasteiger partial charge in [-0.1, -0.05) is 15.5 Å². The van der Waals surface area contributed by atoms with E-state index in [1.165, 1.54) is 6.26 Å². The van der Waals surface area contributed by atoms with Crippen LogP contribution in [-0.4, -0.2) is 11.6 Å². The molecule has 0 N–H and O–H groups in total. The Balaban J connectivity index is 0. The van der Waals surface area contributed by atoms with Crippen LogP contribution in [0.3, 0.4) is 0 Å². The minimum atomic E-state index is -1.11. The summed E-state index contributed by atoms with van der Waals surface area (Å²) in [5.74, 6) is 0. The van der Waals surface area contributed by atoms with Crippen molar-refractivity contribution in [2.24, 2.45) is 0 Å². The van der Waals surface area contributed by atoms with E-state index in [4.69, 9.17) is 0 Å². The third-order valence-electron chi connectivity index (χ3n) is 0.138. The molecule has 0 heterocycles. The quantitative estimate of drug-likeness (QED) is 0.521. The molecule has 0 amide bonds. The zero-order valence-corrected chi connectivity index (χ0v) is 5.09. The molecule has 0 saturated carbocycles. The third-order valence-corrected chi connectivity index (χ3v) is 0.138. The summed E-state index contributed by atoms with van der Waals surface area (Å²) in [5.41, 5.74) is 0. The molecule has 0 aliphatic carbocycles. The van der Waals surface area contributed by atoms with Crippen LogP contribution < -0.4 is 0 Å². The van der Waals surface area contributed by atoms with Gasteiger partial charge in [0, 0.05) is 18.4 Å². The molecule has 0 fully saturated rings. The highest BCUT2D eigenvalue weighted by atomic mass is 32.2. The molecular formula is C3H6F3NS. The maximum Gasteiger partial charge on any atom is 0.0619 e. The van der Waals surface area contributed by atoms with Gasteiger partial charge in [0.1, 0.15) is 0 Å². The minimum absolute atomic E-state index is 0.250. The number of nitrogens with zero attached hydrogens (tertiary/aromatic N) is 1. The second kappa shape index (κ2) is 9.84. The Hall–Kier alpha value is -0.320. The first-order valence-corrected chi connectivity index (χ1v) is 2.69. The predicted molar refractivity (Wildman–Crippen MR) is 28.9 cm³/mol. The van der Waals surface area contributed by atoms with Crippen LogP contribution >= 0.6 is 12.1 Å². The molecule has 0 aliphatic rings. The summed E-state index contributed by atoms with van der Waals surface area (Å²) in [7, 11) is 0. The summed E-state index contributed by atoms with van der Waals surface area (Å²) in [6.45, 7) is 2.74. The van der Waals surface area contributed by atoms with Crippen LogP contribution in [0.5, 0.6) is 0 Å². The predicted octanol–water partition coefficient (Wildman–Crippen LogP) is 2.43. The van der Waals surface area contributed by atoms with Crippen molar-refractivity contribution in [1.29, 1.82) is 0 Å². The van der Waals surface area contributed by atoms with E-state index >= 15 is 0 Å². The number of halogens is 3. The van der Waals surface area contributed by atoms with Gasteiger partial charge in [0.2, 0.25) is 0 Å². The van der Waals surface area contributed by atoms with Crippen molar-refractivity contribution < 1.29 is 12.8 Å². The van der Waals surface area contributed by atoms with Gasteiger partial charge in [-0.2, -0.15) is 3.89 Å². The monoisotopic (exact) mass is 145 g/mol. The van der Waals surface area contributed by atoms with Gasteiger partial charge in [-0.15, -0.1) is 0 Å². The Morgan fingerprint density at radius 3 is 1.75 bits per heavy atom. The molecule has 0 aromatic rings. The Morgan fingerprint density at radius 1 is 1.62 bits per heavy atom. The molecule has 0 radical (unpaired) electrons. The largest absolute Gasteiger partial charge is 0.166 e. The van der Waals surface area contributed by atoms with E-state index in [1.807, 2.05) is 0 Å². The maximum atomic E-state index is 10.5. The van der Waals surface area contributed by atoms with Gasteiger partial charge in [-0.3, -0.25) is 0 Å². The van der Waals surface area contributed by atoms with Crippen LogP contribution in [0.4, 0.5) is 12.8 Å². The lowest BCUT2D eigenvalue weighted by Gasteiger charge is -1.82. The zero-order valence-electron chi connectivity index (χ0n) is 4.27. The molecule has 0 bridgehead atoms. The van der Waals surface area contributed by atoms with E-state index in [-0.39, 0.29) is 12.1 Å². The Labute approximate surface area is 50.3 Å². The first-order chi connectivity index (χ1) is 3.68. The van der Waals surface area contributed by atoms with E-state index in [9.17, 15) is 12.8 Å². The fraction of sp³-hybridized carbons (Fsp3) is 0.333. The van der Waals surface area contributed by atoms with E-state index in [0.717, 1.165) is 0 Å². The highest BCUT2D eigenvalue weighted by Crippen LogP contribution is 1.84. The molecule has 50 valence electrons. The molecule has 0 atom stereocenters. The molecular weight excluding hydrogens is 139 g/mol. The summed E-state index contributed by atoms with van der Waals surface area (Å²) in [5, 5.41) is -1.11. The average molecular weight is 145 g/mol. The number of hydrogen-bond donors (Lipinski definition) is 0. The maximum absolute atomic E-state index is 10.5. The second-order valence-corrected chi connectivity index (χ2v) is 0.905. The minimum Gasteiger partial charge on any atom is -0.166 e. The molecule has 0 saturated heterocycles. The van der Waals surface area contributed by atoms with E-state index < -0.39 is 5.34 Å². The zero-order chi connectivity index (χ0) is 6.99. The molecule has 0 aliphatic heterocycles. The highest BCUT2D eigenvalue weighted by Gasteiger charge is 1.76. The number of hydrogen-bond acceptors (Lipinski definition) is 2. The van der Waals surface area contributed by atoms with Crippen molar-refractivity contribution in [3.8, 4) is 0 Å². The topological polar surface area (TPSA) is 3.24 Å². The van der Waals surface area contributed by atoms with Gasteiger partial charge in [-0.25, -0.2) is 0 Å². The summed E-state index contributed by atoms with van der Waals surface area (Å²) in [4.78, 5) is 0. The first kappa shape index (κ1) is 10.6. The summed E-state index contributed by atoms with van der Waals surface area (Å²) < 4.78 is 31.2. The Morgan fingerprint density at radius 2 is 1.75 bits per heavy atom. The van der Waals surface area contributed by atoms with Crippen molar-refractivity contribution >= 4 is 12.1 Å². The van der Waals surface area contributed by atoms with E-state index in [2.05, 4.69) is 6.58 Å². The molecule has 1 nitrogen and oxygen atoms in total. The summed E-state index contributed by atoms with van der Waals surface area (Å²) >= 11 is 0.250. The smallest absolute Gasteiger partial charge is 0.0619 e. The van der Waals surface area contributed by atoms with Crippen LogP contribution in [0.1, 0.15) is 0 Å². The summed E-state index contributed by atoms with van der Waals surface area (Å²) in [6, 6.07) is 0. The van der Waals surface area contributed by atoms with Crippen molar-refractivity contribution in [3.05, 3.63) is 12.8 Å².